The highest BCUT2D eigenvalue weighted by Crippen LogP contribution is 2.23. The Kier molecular flexibility index (Phi) is 5.79. The van der Waals surface area contributed by atoms with Crippen LogP contribution in [-0.4, -0.2) is 50.4 Å². The largest absolute Gasteiger partial charge is 0.337 e. The molecule has 2 atom stereocenters. The van der Waals surface area contributed by atoms with Gasteiger partial charge in [-0.15, -0.1) is 11.3 Å². The Bertz CT molecular complexity index is 845. The van der Waals surface area contributed by atoms with Gasteiger partial charge in [0.15, 0.2) is 16.4 Å². The summed E-state index contributed by atoms with van der Waals surface area (Å²) >= 11 is 1.68. The van der Waals surface area contributed by atoms with E-state index in [1.807, 2.05) is 16.8 Å². The maximum Gasteiger partial charge on any atom is 0.277 e. The van der Waals surface area contributed by atoms with Gasteiger partial charge in [-0.3, -0.25) is 4.79 Å². The lowest BCUT2D eigenvalue weighted by atomic mass is 10.0. The van der Waals surface area contributed by atoms with E-state index in [0.29, 0.717) is 13.0 Å². The Hall–Kier alpha value is -1.70. The smallest absolute Gasteiger partial charge is 0.277 e. The van der Waals surface area contributed by atoms with Gasteiger partial charge in [-0.05, 0) is 24.8 Å². The van der Waals surface area contributed by atoms with E-state index >= 15 is 0 Å². The van der Waals surface area contributed by atoms with E-state index in [4.69, 9.17) is 0 Å². The molecule has 5 nitrogen and oxygen atoms in total. The van der Waals surface area contributed by atoms with Crippen LogP contribution >= 0.6 is 11.3 Å². The summed E-state index contributed by atoms with van der Waals surface area (Å²) in [5.74, 6) is 0.239. The summed E-state index contributed by atoms with van der Waals surface area (Å²) in [5, 5.41) is 4.08. The van der Waals surface area contributed by atoms with Gasteiger partial charge in [0.1, 0.15) is 6.04 Å². The molecular weight excluding hydrogens is 368 g/mol. The zero-order valence-electron chi connectivity index (χ0n) is 15.1. The van der Waals surface area contributed by atoms with Crippen LogP contribution in [0.3, 0.4) is 0 Å². The SMILES string of the molecule is Cc1ccc([C@@H]([NH2+]CC(=O)N(C)[C@H]2CCS(=O)(=O)C2)c2cccs2)cc1. The minimum Gasteiger partial charge on any atom is -0.337 e. The number of aryl methyl sites for hydroxylation is 1. The van der Waals surface area contributed by atoms with Crippen molar-refractivity contribution in [1.82, 2.24) is 4.90 Å². The second kappa shape index (κ2) is 7.90. The van der Waals surface area contributed by atoms with Crippen molar-refractivity contribution in [3.05, 3.63) is 57.8 Å². The normalized spacial score (nSPS) is 20.0. The highest BCUT2D eigenvalue weighted by Gasteiger charge is 2.33. The van der Waals surface area contributed by atoms with Gasteiger partial charge in [0, 0.05) is 18.7 Å². The lowest BCUT2D eigenvalue weighted by Crippen LogP contribution is -2.87. The monoisotopic (exact) mass is 393 g/mol. The third kappa shape index (κ3) is 4.52. The molecule has 3 rings (SSSR count). The molecule has 26 heavy (non-hydrogen) atoms. The zero-order valence-corrected chi connectivity index (χ0v) is 16.7. The van der Waals surface area contributed by atoms with Crippen LogP contribution in [0, 0.1) is 6.92 Å². The first-order valence-corrected chi connectivity index (χ1v) is 11.5. The first-order chi connectivity index (χ1) is 12.4. The molecule has 0 radical (unpaired) electrons. The Morgan fingerprint density at radius 2 is 2.04 bits per heavy atom. The molecule has 1 aliphatic heterocycles. The predicted molar refractivity (Wildman–Crippen MR) is 104 cm³/mol. The van der Waals surface area contributed by atoms with Crippen LogP contribution in [0.5, 0.6) is 0 Å². The van der Waals surface area contributed by atoms with Crippen molar-refractivity contribution in [3.8, 4) is 0 Å². The molecule has 1 amide bonds. The van der Waals surface area contributed by atoms with Crippen LogP contribution in [0.4, 0.5) is 0 Å². The average molecular weight is 394 g/mol. The Balaban J connectivity index is 1.68. The summed E-state index contributed by atoms with van der Waals surface area (Å²) in [5.41, 5.74) is 2.37. The molecule has 1 aromatic carbocycles. The number of hydrogen-bond acceptors (Lipinski definition) is 4. The molecule has 1 aromatic heterocycles. The number of quaternary nitrogens is 1. The third-order valence-corrected chi connectivity index (χ3v) is 7.67. The number of likely N-dealkylation sites (N-methyl/N-ethyl adjacent to an activating group) is 1. The van der Waals surface area contributed by atoms with Gasteiger partial charge in [0.2, 0.25) is 0 Å². The van der Waals surface area contributed by atoms with Crippen molar-refractivity contribution >= 4 is 27.1 Å². The van der Waals surface area contributed by atoms with Gasteiger partial charge in [0.05, 0.1) is 16.4 Å². The average Bonchev–Trinajstić information content (AvgIpc) is 3.25. The second-order valence-corrected chi connectivity index (χ2v) is 10.1. The van der Waals surface area contributed by atoms with Crippen molar-refractivity contribution in [1.29, 1.82) is 0 Å². The van der Waals surface area contributed by atoms with Gasteiger partial charge in [-0.1, -0.05) is 35.9 Å². The molecule has 7 heteroatoms. The van der Waals surface area contributed by atoms with Crippen molar-refractivity contribution in [3.63, 3.8) is 0 Å². The van der Waals surface area contributed by atoms with E-state index in [1.165, 1.54) is 10.4 Å². The number of thiophene rings is 1. The number of sulfone groups is 1. The number of rotatable bonds is 6. The fraction of sp³-hybridized carbons (Fsp3) is 0.421. The Labute approximate surface area is 159 Å². The van der Waals surface area contributed by atoms with Crippen LogP contribution < -0.4 is 5.32 Å². The van der Waals surface area contributed by atoms with E-state index in [1.54, 1.807) is 23.3 Å². The quantitative estimate of drug-likeness (QED) is 0.805. The molecule has 1 aliphatic rings. The molecule has 140 valence electrons. The maximum absolute atomic E-state index is 12.6. The Morgan fingerprint density at radius 1 is 1.31 bits per heavy atom. The van der Waals surface area contributed by atoms with E-state index in [0.717, 1.165) is 5.56 Å². The van der Waals surface area contributed by atoms with Crippen molar-refractivity contribution in [2.24, 2.45) is 0 Å². The molecule has 0 saturated carbocycles. The van der Waals surface area contributed by atoms with Crippen LogP contribution in [0.25, 0.3) is 0 Å². The lowest BCUT2D eigenvalue weighted by molar-refractivity contribution is -0.676. The second-order valence-electron chi connectivity index (χ2n) is 6.91. The van der Waals surface area contributed by atoms with Crippen molar-refractivity contribution in [2.75, 3.05) is 25.1 Å². The van der Waals surface area contributed by atoms with Gasteiger partial charge in [0.25, 0.3) is 5.91 Å². The fourth-order valence-electron chi connectivity index (χ4n) is 3.31. The number of carbonyl (C=O) groups excluding carboxylic acids is 1. The predicted octanol–water partition coefficient (Wildman–Crippen LogP) is 1.35. The molecular formula is C19H25N2O3S2+. The van der Waals surface area contributed by atoms with Crippen molar-refractivity contribution < 1.29 is 18.5 Å². The molecule has 0 spiro atoms. The maximum atomic E-state index is 12.6. The van der Waals surface area contributed by atoms with E-state index in [2.05, 4.69) is 37.3 Å². The van der Waals surface area contributed by atoms with Gasteiger partial charge < -0.3 is 10.2 Å². The molecule has 0 aliphatic carbocycles. The number of nitrogens with two attached hydrogens (primary N) is 1. The van der Waals surface area contributed by atoms with Gasteiger partial charge >= 0.3 is 0 Å². The van der Waals surface area contributed by atoms with Crippen molar-refractivity contribution in [2.45, 2.75) is 25.4 Å². The van der Waals surface area contributed by atoms with Crippen LogP contribution in [0.15, 0.2) is 41.8 Å². The molecule has 1 saturated heterocycles. The van der Waals surface area contributed by atoms with Crippen LogP contribution in [0.2, 0.25) is 0 Å². The number of benzene rings is 1. The lowest BCUT2D eigenvalue weighted by Gasteiger charge is -2.23. The molecule has 2 heterocycles. The highest BCUT2D eigenvalue weighted by molar-refractivity contribution is 7.91. The van der Waals surface area contributed by atoms with Gasteiger partial charge in [-0.25, -0.2) is 8.42 Å². The molecule has 0 unspecified atom stereocenters. The molecule has 2 N–H and O–H groups in total. The summed E-state index contributed by atoms with van der Waals surface area (Å²) in [6.45, 7) is 2.35. The summed E-state index contributed by atoms with van der Waals surface area (Å²) in [6, 6.07) is 12.4. The number of carbonyl (C=O) groups is 1. The third-order valence-electron chi connectivity index (χ3n) is 4.96. The van der Waals surface area contributed by atoms with Crippen LogP contribution in [0.1, 0.15) is 28.5 Å². The minimum absolute atomic E-state index is 0.0271. The minimum atomic E-state index is -2.99. The summed E-state index contributed by atoms with van der Waals surface area (Å²) in [4.78, 5) is 15.4. The van der Waals surface area contributed by atoms with E-state index in [9.17, 15) is 13.2 Å². The van der Waals surface area contributed by atoms with Gasteiger partial charge in [-0.2, -0.15) is 0 Å². The molecule has 0 bridgehead atoms. The Morgan fingerprint density at radius 3 is 2.62 bits per heavy atom. The highest BCUT2D eigenvalue weighted by atomic mass is 32.2. The summed E-state index contributed by atoms with van der Waals surface area (Å²) in [6.07, 6.45) is 0.539. The summed E-state index contributed by atoms with van der Waals surface area (Å²) < 4.78 is 23.3. The number of nitrogens with zero attached hydrogens (tertiary/aromatic N) is 1. The summed E-state index contributed by atoms with van der Waals surface area (Å²) in [7, 11) is -1.27. The standard InChI is InChI=1S/C19H24N2O3S2/c1-14-5-7-15(8-6-14)19(17-4-3-10-25-17)20-12-18(22)21(2)16-9-11-26(23,24)13-16/h3-8,10,16,19-20H,9,11-13H2,1-2H3/p+1/t16-,19+/m0/s1. The fourth-order valence-corrected chi connectivity index (χ4v) is 5.93. The van der Waals surface area contributed by atoms with Crippen LogP contribution in [-0.2, 0) is 14.6 Å². The molecule has 1 fully saturated rings. The number of hydrogen-bond donors (Lipinski definition) is 1. The molecule has 2 aromatic rings. The zero-order chi connectivity index (χ0) is 18.7. The first-order valence-electron chi connectivity index (χ1n) is 8.75. The van der Waals surface area contributed by atoms with E-state index < -0.39 is 9.84 Å². The topological polar surface area (TPSA) is 71.1 Å². The first kappa shape index (κ1) is 19.1. The van der Waals surface area contributed by atoms with E-state index in [-0.39, 0.29) is 29.5 Å². The number of amides is 1.